The maximum Gasteiger partial charge on any atom is 0.124 e. The Labute approximate surface area is 108 Å². The Morgan fingerprint density at radius 2 is 1.89 bits per heavy atom. The molecule has 0 saturated heterocycles. The molecule has 3 heteroatoms. The van der Waals surface area contributed by atoms with Gasteiger partial charge < -0.3 is 15.5 Å². The summed E-state index contributed by atoms with van der Waals surface area (Å²) in [5, 5.41) is 0. The van der Waals surface area contributed by atoms with E-state index in [1.165, 1.54) is 11.1 Å². The molecule has 1 aromatic heterocycles. The predicted molar refractivity (Wildman–Crippen MR) is 74.2 cm³/mol. The number of ether oxygens (including phenoxy) is 1. The van der Waals surface area contributed by atoms with Gasteiger partial charge in [-0.15, -0.1) is 0 Å². The van der Waals surface area contributed by atoms with Crippen LogP contribution in [0.15, 0.2) is 30.6 Å². The molecule has 0 radical (unpaired) electrons. The van der Waals surface area contributed by atoms with E-state index in [-0.39, 0.29) is 5.92 Å². The predicted octanol–water partition coefficient (Wildman–Crippen LogP) is 2.73. The van der Waals surface area contributed by atoms with Crippen molar-refractivity contribution in [2.75, 3.05) is 13.7 Å². The van der Waals surface area contributed by atoms with Gasteiger partial charge in [0.25, 0.3) is 0 Å². The number of nitrogens with one attached hydrogen (secondary N) is 1. The highest BCUT2D eigenvalue weighted by Crippen LogP contribution is 2.30. The minimum atomic E-state index is 0.236. The number of benzene rings is 1. The molecule has 0 saturated carbocycles. The lowest BCUT2D eigenvalue weighted by Crippen LogP contribution is -2.13. The van der Waals surface area contributed by atoms with Gasteiger partial charge in [-0.2, -0.15) is 0 Å². The minimum Gasteiger partial charge on any atom is -0.496 e. The van der Waals surface area contributed by atoms with Crippen molar-refractivity contribution in [1.82, 2.24) is 4.98 Å². The van der Waals surface area contributed by atoms with Crippen molar-refractivity contribution >= 4 is 0 Å². The first-order valence-corrected chi connectivity index (χ1v) is 6.15. The van der Waals surface area contributed by atoms with Crippen LogP contribution in [-0.4, -0.2) is 18.6 Å². The van der Waals surface area contributed by atoms with Crippen LogP contribution in [0.4, 0.5) is 0 Å². The summed E-state index contributed by atoms with van der Waals surface area (Å²) in [4.78, 5) is 3.09. The quantitative estimate of drug-likeness (QED) is 0.868. The van der Waals surface area contributed by atoms with E-state index in [0.717, 1.165) is 16.9 Å². The van der Waals surface area contributed by atoms with Gasteiger partial charge in [0, 0.05) is 24.9 Å². The van der Waals surface area contributed by atoms with E-state index in [9.17, 15) is 0 Å². The van der Waals surface area contributed by atoms with Gasteiger partial charge in [-0.3, -0.25) is 0 Å². The van der Waals surface area contributed by atoms with Gasteiger partial charge in [0.2, 0.25) is 0 Å². The van der Waals surface area contributed by atoms with Gasteiger partial charge in [-0.05, 0) is 42.2 Å². The molecule has 1 heterocycles. The number of hydrogen-bond donors (Lipinski definition) is 2. The zero-order valence-corrected chi connectivity index (χ0v) is 11.2. The third-order valence-corrected chi connectivity index (χ3v) is 3.35. The molecule has 96 valence electrons. The average Bonchev–Trinajstić information content (AvgIpc) is 2.83. The van der Waals surface area contributed by atoms with Crippen molar-refractivity contribution < 1.29 is 4.74 Å². The Hall–Kier alpha value is -1.74. The van der Waals surface area contributed by atoms with Crippen LogP contribution in [-0.2, 0) is 0 Å². The standard InChI is InChI=1S/C15H20N2O/c1-10-6-13(7-11(2)15(10)18-3)14(8-16)12-4-5-17-9-12/h4-7,9,14,17H,8,16H2,1-3H3. The topological polar surface area (TPSA) is 51.0 Å². The average molecular weight is 244 g/mol. The van der Waals surface area contributed by atoms with Crippen LogP contribution in [0.25, 0.3) is 0 Å². The lowest BCUT2D eigenvalue weighted by Gasteiger charge is -2.17. The van der Waals surface area contributed by atoms with Crippen LogP contribution in [0.2, 0.25) is 0 Å². The van der Waals surface area contributed by atoms with Gasteiger partial charge in [0.05, 0.1) is 7.11 Å². The molecular weight excluding hydrogens is 224 g/mol. The van der Waals surface area contributed by atoms with E-state index in [0.29, 0.717) is 6.54 Å². The summed E-state index contributed by atoms with van der Waals surface area (Å²) in [5.41, 5.74) is 10.7. The highest BCUT2D eigenvalue weighted by Gasteiger charge is 2.15. The molecule has 0 aliphatic carbocycles. The lowest BCUT2D eigenvalue weighted by molar-refractivity contribution is 0.408. The Morgan fingerprint density at radius 1 is 1.22 bits per heavy atom. The fourth-order valence-electron chi connectivity index (χ4n) is 2.53. The molecule has 0 bridgehead atoms. The van der Waals surface area contributed by atoms with Crippen molar-refractivity contribution in [3.63, 3.8) is 0 Å². The van der Waals surface area contributed by atoms with E-state index >= 15 is 0 Å². The smallest absolute Gasteiger partial charge is 0.124 e. The first kappa shape index (κ1) is 12.7. The maximum absolute atomic E-state index is 5.92. The van der Waals surface area contributed by atoms with E-state index < -0.39 is 0 Å². The molecule has 2 rings (SSSR count). The molecular formula is C15H20N2O. The molecule has 0 aliphatic rings. The van der Waals surface area contributed by atoms with Crippen molar-refractivity contribution in [2.24, 2.45) is 5.73 Å². The second kappa shape index (κ2) is 5.27. The zero-order chi connectivity index (χ0) is 13.1. The molecule has 0 amide bonds. The summed E-state index contributed by atoms with van der Waals surface area (Å²) in [6.07, 6.45) is 3.94. The van der Waals surface area contributed by atoms with Crippen LogP contribution in [0, 0.1) is 13.8 Å². The number of aromatic nitrogens is 1. The number of aromatic amines is 1. The molecule has 2 aromatic rings. The normalized spacial score (nSPS) is 12.4. The van der Waals surface area contributed by atoms with Gasteiger partial charge in [0.1, 0.15) is 5.75 Å². The molecule has 0 fully saturated rings. The monoisotopic (exact) mass is 244 g/mol. The lowest BCUT2D eigenvalue weighted by atomic mass is 9.90. The molecule has 1 aromatic carbocycles. The maximum atomic E-state index is 5.92. The number of H-pyrrole nitrogens is 1. The molecule has 0 aliphatic heterocycles. The minimum absolute atomic E-state index is 0.236. The molecule has 3 N–H and O–H groups in total. The van der Waals surface area contributed by atoms with Crippen molar-refractivity contribution in [3.8, 4) is 5.75 Å². The third kappa shape index (κ3) is 2.27. The summed E-state index contributed by atoms with van der Waals surface area (Å²) in [5.74, 6) is 1.20. The van der Waals surface area contributed by atoms with Crippen LogP contribution >= 0.6 is 0 Å². The van der Waals surface area contributed by atoms with Crippen molar-refractivity contribution in [3.05, 3.63) is 52.8 Å². The fraction of sp³-hybridized carbons (Fsp3) is 0.333. The van der Waals surface area contributed by atoms with Gasteiger partial charge in [0.15, 0.2) is 0 Å². The van der Waals surface area contributed by atoms with Gasteiger partial charge >= 0.3 is 0 Å². The largest absolute Gasteiger partial charge is 0.496 e. The van der Waals surface area contributed by atoms with E-state index in [1.807, 2.05) is 12.4 Å². The summed E-state index contributed by atoms with van der Waals surface area (Å²) in [6, 6.07) is 6.40. The third-order valence-electron chi connectivity index (χ3n) is 3.35. The number of methoxy groups -OCH3 is 1. The highest BCUT2D eigenvalue weighted by molar-refractivity contribution is 5.46. The van der Waals surface area contributed by atoms with E-state index in [2.05, 4.69) is 37.0 Å². The zero-order valence-electron chi connectivity index (χ0n) is 11.2. The number of nitrogens with two attached hydrogens (primary N) is 1. The highest BCUT2D eigenvalue weighted by atomic mass is 16.5. The van der Waals surface area contributed by atoms with Crippen molar-refractivity contribution in [2.45, 2.75) is 19.8 Å². The number of rotatable bonds is 4. The Balaban J connectivity index is 2.44. The van der Waals surface area contributed by atoms with E-state index in [1.54, 1.807) is 7.11 Å². The number of hydrogen-bond acceptors (Lipinski definition) is 2. The number of aryl methyl sites for hydroxylation is 2. The summed E-state index contributed by atoms with van der Waals surface area (Å²) in [7, 11) is 1.71. The summed E-state index contributed by atoms with van der Waals surface area (Å²) in [6.45, 7) is 4.74. The Kier molecular flexibility index (Phi) is 3.72. The summed E-state index contributed by atoms with van der Waals surface area (Å²) < 4.78 is 5.40. The summed E-state index contributed by atoms with van der Waals surface area (Å²) >= 11 is 0. The van der Waals surface area contributed by atoms with Gasteiger partial charge in [-0.1, -0.05) is 12.1 Å². The molecule has 18 heavy (non-hydrogen) atoms. The molecule has 0 spiro atoms. The molecule has 1 unspecified atom stereocenters. The van der Waals surface area contributed by atoms with Crippen LogP contribution in [0.3, 0.4) is 0 Å². The first-order valence-electron chi connectivity index (χ1n) is 6.15. The van der Waals surface area contributed by atoms with Crippen LogP contribution in [0.5, 0.6) is 5.75 Å². The van der Waals surface area contributed by atoms with E-state index in [4.69, 9.17) is 10.5 Å². The Morgan fingerprint density at radius 3 is 2.33 bits per heavy atom. The van der Waals surface area contributed by atoms with Crippen LogP contribution in [0.1, 0.15) is 28.2 Å². The van der Waals surface area contributed by atoms with Crippen LogP contribution < -0.4 is 10.5 Å². The SMILES string of the molecule is COc1c(C)cc(C(CN)c2cc[nH]c2)cc1C. The van der Waals surface area contributed by atoms with Crippen molar-refractivity contribution in [1.29, 1.82) is 0 Å². The Bertz CT molecular complexity index is 494. The molecule has 3 nitrogen and oxygen atoms in total. The fourth-order valence-corrected chi connectivity index (χ4v) is 2.53. The molecule has 1 atom stereocenters. The second-order valence-electron chi connectivity index (χ2n) is 4.62. The second-order valence-corrected chi connectivity index (χ2v) is 4.62. The first-order chi connectivity index (χ1) is 8.67. The van der Waals surface area contributed by atoms with Gasteiger partial charge in [-0.25, -0.2) is 0 Å².